The van der Waals surface area contributed by atoms with Gasteiger partial charge in [0.25, 0.3) is 0 Å². The van der Waals surface area contributed by atoms with Gasteiger partial charge in [-0.2, -0.15) is 0 Å². The van der Waals surface area contributed by atoms with Crippen LogP contribution in [0.5, 0.6) is 0 Å². The number of benzene rings is 1. The molecular weight excluding hydrogens is 329 g/mol. The Hall–Kier alpha value is -1.30. The molecular formula is C15H17Cl2NO4. The molecule has 22 heavy (non-hydrogen) atoms. The van der Waals surface area contributed by atoms with Gasteiger partial charge in [0.15, 0.2) is 0 Å². The topological polar surface area (TPSA) is 75.6 Å². The summed E-state index contributed by atoms with van der Waals surface area (Å²) in [5, 5.41) is 12.6. The highest BCUT2D eigenvalue weighted by Gasteiger charge is 2.44. The number of halogens is 2. The fourth-order valence-corrected chi connectivity index (χ4v) is 2.67. The van der Waals surface area contributed by atoms with Crippen molar-refractivity contribution in [2.45, 2.75) is 24.8 Å². The smallest absolute Gasteiger partial charge is 0.326 e. The van der Waals surface area contributed by atoms with Gasteiger partial charge in [-0.1, -0.05) is 29.3 Å². The zero-order valence-corrected chi connectivity index (χ0v) is 13.5. The van der Waals surface area contributed by atoms with Crippen LogP contribution in [0.4, 0.5) is 0 Å². The summed E-state index contributed by atoms with van der Waals surface area (Å²) in [6.07, 6.45) is 0.919. The molecule has 0 saturated heterocycles. The van der Waals surface area contributed by atoms with E-state index in [9.17, 15) is 9.59 Å². The first-order valence-corrected chi connectivity index (χ1v) is 7.66. The Kier molecular flexibility index (Phi) is 5.67. The molecule has 0 spiro atoms. The number of hydrogen-bond donors (Lipinski definition) is 2. The van der Waals surface area contributed by atoms with Gasteiger partial charge >= 0.3 is 5.97 Å². The van der Waals surface area contributed by atoms with Gasteiger partial charge in [0.1, 0.15) is 6.04 Å². The molecule has 1 aliphatic rings. The Labute approximate surface area is 138 Å². The zero-order valence-electron chi connectivity index (χ0n) is 12.0. The van der Waals surface area contributed by atoms with E-state index in [1.54, 1.807) is 12.1 Å². The van der Waals surface area contributed by atoms with Crippen molar-refractivity contribution in [1.82, 2.24) is 5.32 Å². The molecule has 0 radical (unpaired) electrons. The largest absolute Gasteiger partial charge is 0.480 e. The summed E-state index contributed by atoms with van der Waals surface area (Å²) in [5.74, 6) is -1.47. The van der Waals surface area contributed by atoms with Crippen LogP contribution in [0.25, 0.3) is 0 Å². The molecule has 1 aromatic carbocycles. The molecule has 0 heterocycles. The Balaban J connectivity index is 1.94. The fourth-order valence-electron chi connectivity index (χ4n) is 2.37. The number of carbonyl (C=O) groups is 2. The summed E-state index contributed by atoms with van der Waals surface area (Å²) < 4.78 is 4.85. The van der Waals surface area contributed by atoms with Crippen molar-refractivity contribution in [3.05, 3.63) is 33.8 Å². The molecule has 2 rings (SSSR count). The Morgan fingerprint density at radius 1 is 1.41 bits per heavy atom. The lowest BCUT2D eigenvalue weighted by Crippen LogP contribution is -2.42. The van der Waals surface area contributed by atoms with E-state index in [2.05, 4.69) is 5.32 Å². The number of aliphatic carboxylic acids is 1. The van der Waals surface area contributed by atoms with Crippen LogP contribution in [0.2, 0.25) is 10.0 Å². The SMILES string of the molecule is COCCC(NC(=O)C1CC1c1ccc(Cl)c(Cl)c1)C(=O)O. The lowest BCUT2D eigenvalue weighted by Gasteiger charge is -2.14. The van der Waals surface area contributed by atoms with Crippen molar-refractivity contribution in [2.75, 3.05) is 13.7 Å². The van der Waals surface area contributed by atoms with Gasteiger partial charge in [-0.15, -0.1) is 0 Å². The number of carbonyl (C=O) groups excluding carboxylic acids is 1. The first-order chi connectivity index (χ1) is 10.4. The van der Waals surface area contributed by atoms with Crippen molar-refractivity contribution >= 4 is 35.1 Å². The van der Waals surface area contributed by atoms with Crippen LogP contribution in [0, 0.1) is 5.92 Å². The standard InChI is InChI=1S/C15H17Cl2NO4/c1-22-5-4-13(15(20)21)18-14(19)10-7-9(10)8-2-3-11(16)12(17)6-8/h2-3,6,9-10,13H,4-5,7H2,1H3,(H,18,19)(H,20,21). The molecule has 0 aliphatic heterocycles. The second kappa shape index (κ2) is 7.31. The molecule has 5 nitrogen and oxygen atoms in total. The second-order valence-electron chi connectivity index (χ2n) is 5.30. The normalized spacial score (nSPS) is 21.2. The summed E-state index contributed by atoms with van der Waals surface area (Å²) in [6, 6.07) is 4.36. The van der Waals surface area contributed by atoms with E-state index < -0.39 is 12.0 Å². The van der Waals surface area contributed by atoms with E-state index in [0.717, 1.165) is 5.56 Å². The van der Waals surface area contributed by atoms with Crippen molar-refractivity contribution in [3.8, 4) is 0 Å². The quantitative estimate of drug-likeness (QED) is 0.796. The molecule has 1 aliphatic carbocycles. The maximum absolute atomic E-state index is 12.1. The molecule has 1 amide bonds. The minimum atomic E-state index is -1.06. The Morgan fingerprint density at radius 2 is 2.14 bits per heavy atom. The number of rotatable bonds is 7. The Morgan fingerprint density at radius 3 is 2.73 bits per heavy atom. The highest BCUT2D eigenvalue weighted by atomic mass is 35.5. The fraction of sp³-hybridized carbons (Fsp3) is 0.467. The minimum Gasteiger partial charge on any atom is -0.480 e. The average molecular weight is 346 g/mol. The molecule has 2 N–H and O–H groups in total. The number of nitrogens with one attached hydrogen (secondary N) is 1. The van der Waals surface area contributed by atoms with E-state index in [1.807, 2.05) is 6.07 Å². The highest BCUT2D eigenvalue weighted by molar-refractivity contribution is 6.42. The van der Waals surface area contributed by atoms with Gasteiger partial charge in [-0.05, 0) is 30.0 Å². The molecule has 1 fully saturated rings. The minimum absolute atomic E-state index is 0.0617. The van der Waals surface area contributed by atoms with Gasteiger partial charge in [-0.3, -0.25) is 4.79 Å². The summed E-state index contributed by atoms with van der Waals surface area (Å²) in [6.45, 7) is 0.276. The van der Waals surface area contributed by atoms with Crippen LogP contribution in [0.1, 0.15) is 24.3 Å². The molecule has 0 aromatic heterocycles. The third-order valence-electron chi connectivity index (χ3n) is 3.72. The highest BCUT2D eigenvalue weighted by Crippen LogP contribution is 2.48. The number of amides is 1. The van der Waals surface area contributed by atoms with E-state index in [0.29, 0.717) is 16.5 Å². The Bertz CT molecular complexity index is 579. The number of methoxy groups -OCH3 is 1. The van der Waals surface area contributed by atoms with Crippen LogP contribution < -0.4 is 5.32 Å². The van der Waals surface area contributed by atoms with Crippen molar-refractivity contribution < 1.29 is 19.4 Å². The van der Waals surface area contributed by atoms with Crippen molar-refractivity contribution in [3.63, 3.8) is 0 Å². The maximum Gasteiger partial charge on any atom is 0.326 e. The third-order valence-corrected chi connectivity index (χ3v) is 4.46. The zero-order chi connectivity index (χ0) is 16.3. The second-order valence-corrected chi connectivity index (χ2v) is 6.12. The molecule has 1 saturated carbocycles. The summed E-state index contributed by atoms with van der Waals surface area (Å²) >= 11 is 11.8. The molecule has 0 bridgehead atoms. The summed E-state index contributed by atoms with van der Waals surface area (Å²) in [5.41, 5.74) is 0.943. The predicted molar refractivity (Wildman–Crippen MR) is 83.4 cm³/mol. The predicted octanol–water partition coefficient (Wildman–Crippen LogP) is 2.70. The maximum atomic E-state index is 12.1. The van der Waals surface area contributed by atoms with Crippen LogP contribution in [-0.2, 0) is 14.3 Å². The first-order valence-electron chi connectivity index (χ1n) is 6.91. The number of carboxylic acids is 1. The third kappa shape index (κ3) is 4.12. The number of ether oxygens (including phenoxy) is 1. The molecule has 7 heteroatoms. The van der Waals surface area contributed by atoms with E-state index in [4.69, 9.17) is 33.0 Å². The molecule has 120 valence electrons. The molecule has 3 atom stereocenters. The molecule has 1 aromatic rings. The van der Waals surface area contributed by atoms with E-state index >= 15 is 0 Å². The van der Waals surface area contributed by atoms with Gasteiger partial charge in [0.2, 0.25) is 5.91 Å². The van der Waals surface area contributed by atoms with E-state index in [1.165, 1.54) is 7.11 Å². The van der Waals surface area contributed by atoms with Crippen molar-refractivity contribution in [1.29, 1.82) is 0 Å². The number of hydrogen-bond acceptors (Lipinski definition) is 3. The number of carboxylic acid groups (broad SMARTS) is 1. The monoisotopic (exact) mass is 345 g/mol. The average Bonchev–Trinajstić information content (AvgIpc) is 3.26. The van der Waals surface area contributed by atoms with Gasteiger partial charge in [0, 0.05) is 26.1 Å². The van der Waals surface area contributed by atoms with Gasteiger partial charge < -0.3 is 15.2 Å². The lowest BCUT2D eigenvalue weighted by molar-refractivity contribution is -0.142. The van der Waals surface area contributed by atoms with Gasteiger partial charge in [0.05, 0.1) is 10.0 Å². The van der Waals surface area contributed by atoms with E-state index in [-0.39, 0.29) is 30.8 Å². The van der Waals surface area contributed by atoms with Crippen LogP contribution in [0.3, 0.4) is 0 Å². The van der Waals surface area contributed by atoms with Crippen LogP contribution >= 0.6 is 23.2 Å². The molecule has 3 unspecified atom stereocenters. The van der Waals surface area contributed by atoms with Crippen LogP contribution in [-0.4, -0.2) is 36.7 Å². The first kappa shape index (κ1) is 17.1. The van der Waals surface area contributed by atoms with Gasteiger partial charge in [-0.25, -0.2) is 4.79 Å². The summed E-state index contributed by atoms with van der Waals surface area (Å²) in [7, 11) is 1.49. The van der Waals surface area contributed by atoms with Crippen molar-refractivity contribution in [2.24, 2.45) is 5.92 Å². The lowest BCUT2D eigenvalue weighted by atomic mass is 10.1. The van der Waals surface area contributed by atoms with Crippen LogP contribution in [0.15, 0.2) is 18.2 Å². The summed E-state index contributed by atoms with van der Waals surface area (Å²) in [4.78, 5) is 23.3.